The van der Waals surface area contributed by atoms with E-state index in [9.17, 15) is 5.26 Å². The van der Waals surface area contributed by atoms with E-state index in [2.05, 4.69) is 36.2 Å². The number of fused-ring (bicyclic) bond motifs is 1. The van der Waals surface area contributed by atoms with Gasteiger partial charge in [0.05, 0.1) is 24.5 Å². The highest BCUT2D eigenvalue weighted by Gasteiger charge is 2.79. The Labute approximate surface area is 159 Å². The topological polar surface area (TPSA) is 54.7 Å². The van der Waals surface area contributed by atoms with Gasteiger partial charge in [-0.25, -0.2) is 0 Å². The first-order valence-corrected chi connectivity index (χ1v) is 9.80. The molecule has 7 rings (SSSR count). The molecule has 6 aliphatic rings. The molecule has 2 aliphatic heterocycles. The van der Waals surface area contributed by atoms with E-state index in [-0.39, 0.29) is 22.9 Å². The number of benzene rings is 1. The van der Waals surface area contributed by atoms with Crippen LogP contribution in [0.3, 0.4) is 0 Å². The van der Waals surface area contributed by atoms with Gasteiger partial charge < -0.3 is 19.1 Å². The van der Waals surface area contributed by atoms with Crippen LogP contribution < -0.4 is 9.47 Å². The summed E-state index contributed by atoms with van der Waals surface area (Å²) >= 11 is 0. The zero-order valence-corrected chi connectivity index (χ0v) is 16.0. The maximum Gasteiger partial charge on any atom is 0.166 e. The molecule has 0 unspecified atom stereocenters. The lowest BCUT2D eigenvalue weighted by atomic mass is 9.37. The molecule has 0 amide bonds. The summed E-state index contributed by atoms with van der Waals surface area (Å²) in [7, 11) is 5.66. The Bertz CT molecular complexity index is 936. The van der Waals surface area contributed by atoms with Gasteiger partial charge in [-0.3, -0.25) is 0 Å². The summed E-state index contributed by atoms with van der Waals surface area (Å²) in [4.78, 5) is 2.50. The molecule has 2 fully saturated rings. The molecule has 4 bridgehead atoms. The molecule has 1 aromatic rings. The summed E-state index contributed by atoms with van der Waals surface area (Å²) in [6.07, 6.45) is 7.21. The molecular weight excluding hydrogens is 340 g/mol. The predicted octanol–water partition coefficient (Wildman–Crippen LogP) is 2.44. The number of nitriles is 1. The molecule has 1 saturated heterocycles. The number of hydrogen-bond donors (Lipinski definition) is 0. The van der Waals surface area contributed by atoms with Gasteiger partial charge in [-0.1, -0.05) is 18.2 Å². The van der Waals surface area contributed by atoms with E-state index in [1.807, 2.05) is 6.07 Å². The summed E-state index contributed by atoms with van der Waals surface area (Å²) in [5.41, 5.74) is 1.78. The molecule has 5 nitrogen and oxygen atoms in total. The lowest BCUT2D eigenvalue weighted by Crippen LogP contribution is -2.78. The number of methoxy groups -OCH3 is 2. The number of piperidine rings is 1. The Balaban J connectivity index is 1.73. The van der Waals surface area contributed by atoms with Crippen LogP contribution in [0.15, 0.2) is 24.3 Å². The van der Waals surface area contributed by atoms with E-state index in [1.54, 1.807) is 14.2 Å². The van der Waals surface area contributed by atoms with Crippen molar-refractivity contribution in [2.75, 3.05) is 27.8 Å². The maximum atomic E-state index is 10.0. The van der Waals surface area contributed by atoms with Crippen LogP contribution in [0.5, 0.6) is 11.5 Å². The lowest BCUT2D eigenvalue weighted by molar-refractivity contribution is -0.203. The molecule has 0 radical (unpaired) electrons. The van der Waals surface area contributed by atoms with E-state index >= 15 is 0 Å². The molecule has 5 heteroatoms. The molecule has 0 aromatic heterocycles. The van der Waals surface area contributed by atoms with Crippen LogP contribution in [0.1, 0.15) is 24.0 Å². The highest BCUT2D eigenvalue weighted by atomic mass is 16.6. The second-order valence-corrected chi connectivity index (χ2v) is 8.87. The second-order valence-electron chi connectivity index (χ2n) is 8.87. The average Bonchev–Trinajstić information content (AvgIpc) is 3.07. The van der Waals surface area contributed by atoms with Gasteiger partial charge in [0.1, 0.15) is 11.7 Å². The van der Waals surface area contributed by atoms with Crippen LogP contribution in [-0.2, 0) is 16.6 Å². The van der Waals surface area contributed by atoms with Crippen LogP contribution in [0.25, 0.3) is 0 Å². The molecule has 2 heterocycles. The van der Waals surface area contributed by atoms with E-state index in [4.69, 9.17) is 14.2 Å². The van der Waals surface area contributed by atoms with Crippen LogP contribution in [0.2, 0.25) is 0 Å². The van der Waals surface area contributed by atoms with Crippen molar-refractivity contribution in [2.24, 2.45) is 11.3 Å². The van der Waals surface area contributed by atoms with Gasteiger partial charge >= 0.3 is 0 Å². The Morgan fingerprint density at radius 3 is 2.89 bits per heavy atom. The molecule has 27 heavy (non-hydrogen) atoms. The zero-order valence-electron chi connectivity index (χ0n) is 16.0. The smallest absolute Gasteiger partial charge is 0.166 e. The van der Waals surface area contributed by atoms with Gasteiger partial charge in [0.2, 0.25) is 0 Å². The molecule has 0 N–H and O–H groups in total. The van der Waals surface area contributed by atoms with E-state index < -0.39 is 5.60 Å². The van der Waals surface area contributed by atoms with Gasteiger partial charge in [-0.05, 0) is 44.5 Å². The minimum atomic E-state index is -0.699. The maximum absolute atomic E-state index is 10.0. The molecule has 4 aliphatic carbocycles. The first-order valence-electron chi connectivity index (χ1n) is 9.80. The highest BCUT2D eigenvalue weighted by Crippen LogP contribution is 2.74. The average molecular weight is 364 g/mol. The largest absolute Gasteiger partial charge is 0.493 e. The van der Waals surface area contributed by atoms with Crippen LogP contribution in [-0.4, -0.2) is 50.5 Å². The van der Waals surface area contributed by atoms with Gasteiger partial charge in [0.15, 0.2) is 11.5 Å². The third-order valence-corrected chi connectivity index (χ3v) is 8.43. The van der Waals surface area contributed by atoms with Gasteiger partial charge in [-0.2, -0.15) is 5.26 Å². The summed E-state index contributed by atoms with van der Waals surface area (Å²) in [6.45, 7) is 1.03. The second kappa shape index (κ2) is 4.68. The van der Waals surface area contributed by atoms with Crippen LogP contribution >= 0.6 is 0 Å². The molecule has 1 saturated carbocycles. The van der Waals surface area contributed by atoms with E-state index in [1.165, 1.54) is 11.1 Å². The summed E-state index contributed by atoms with van der Waals surface area (Å²) in [5.74, 6) is 1.47. The van der Waals surface area contributed by atoms with E-state index in [0.29, 0.717) is 6.04 Å². The normalized spacial score (nSPS) is 45.2. The van der Waals surface area contributed by atoms with Gasteiger partial charge in [-0.15, -0.1) is 0 Å². The number of likely N-dealkylation sites (tertiary alicyclic amines) is 1. The molecule has 2 spiro atoms. The number of ether oxygens (including phenoxy) is 3. The quantitative estimate of drug-likeness (QED) is 0.755. The molecule has 6 atom stereocenters. The summed E-state index contributed by atoms with van der Waals surface area (Å²) < 4.78 is 18.5. The monoisotopic (exact) mass is 364 g/mol. The molecular formula is C22H24N2O3. The van der Waals surface area contributed by atoms with Gasteiger partial charge in [0.25, 0.3) is 0 Å². The highest BCUT2D eigenvalue weighted by molar-refractivity contribution is 5.65. The van der Waals surface area contributed by atoms with Crippen molar-refractivity contribution >= 4 is 0 Å². The Hall–Kier alpha value is -2.03. The first-order chi connectivity index (χ1) is 13.1. The van der Waals surface area contributed by atoms with Crippen molar-refractivity contribution in [3.63, 3.8) is 0 Å². The number of hydrogen-bond acceptors (Lipinski definition) is 5. The lowest BCUT2D eigenvalue weighted by Gasteiger charge is -2.70. The fourth-order valence-electron chi connectivity index (χ4n) is 7.35. The Kier molecular flexibility index (Phi) is 2.77. The first kappa shape index (κ1) is 16.0. The number of rotatable bonds is 2. The Morgan fingerprint density at radius 1 is 1.30 bits per heavy atom. The number of likely N-dealkylation sites (N-methyl/N-ethyl adjacent to an activating group) is 1. The minimum Gasteiger partial charge on any atom is -0.493 e. The summed E-state index contributed by atoms with van der Waals surface area (Å²) in [6, 6.07) is 7.20. The van der Waals surface area contributed by atoms with Crippen LogP contribution in [0.4, 0.5) is 0 Å². The fourth-order valence-corrected chi connectivity index (χ4v) is 7.35. The van der Waals surface area contributed by atoms with Gasteiger partial charge in [0, 0.05) is 24.1 Å². The Morgan fingerprint density at radius 2 is 2.15 bits per heavy atom. The fraction of sp³-hybridized carbons (Fsp3) is 0.591. The van der Waals surface area contributed by atoms with Crippen molar-refractivity contribution in [1.29, 1.82) is 5.26 Å². The number of nitrogens with zero attached hydrogens (tertiary/aromatic N) is 2. The SMILES string of the molecule is COc1ccc2c3c1O[C@H]1[C@@]4(OC)C=C[C@@]5(C[C@H]4C#N)[C@@H](C2)N(C)CC[C@]315. The van der Waals surface area contributed by atoms with Crippen molar-refractivity contribution < 1.29 is 14.2 Å². The third kappa shape index (κ3) is 1.40. The van der Waals surface area contributed by atoms with Crippen molar-refractivity contribution in [1.82, 2.24) is 4.90 Å². The minimum absolute atomic E-state index is 0.0873. The third-order valence-electron chi connectivity index (χ3n) is 8.43. The van der Waals surface area contributed by atoms with E-state index in [0.717, 1.165) is 37.3 Å². The zero-order chi connectivity index (χ0) is 18.6. The van der Waals surface area contributed by atoms with Crippen molar-refractivity contribution in [3.8, 4) is 17.6 Å². The standard InChI is InChI=1S/C22H24N2O3/c1-24-9-8-21-17-13-4-5-15(25-2)18(17)27-19(21)22(26-3)7-6-20(21,16(24)10-13)11-14(22)12-23/h4-7,14,16,19H,8-11H2,1-3H3/t14-,16+,19+,20+,21-,22+/m0/s1. The predicted molar refractivity (Wildman–Crippen MR) is 98.9 cm³/mol. The van der Waals surface area contributed by atoms with Crippen molar-refractivity contribution in [2.45, 2.75) is 42.4 Å². The molecule has 1 aromatic carbocycles. The summed E-state index contributed by atoms with van der Waals surface area (Å²) in [5, 5.41) is 10.0. The van der Waals surface area contributed by atoms with Crippen LogP contribution in [0, 0.1) is 22.7 Å². The van der Waals surface area contributed by atoms with Crippen molar-refractivity contribution in [3.05, 3.63) is 35.4 Å². The molecule has 140 valence electrons.